The quantitative estimate of drug-likeness (QED) is 0.547. The van der Waals surface area contributed by atoms with Crippen LogP contribution in [0.1, 0.15) is 54.9 Å². The van der Waals surface area contributed by atoms with E-state index in [1.807, 2.05) is 0 Å². The Morgan fingerprint density at radius 2 is 1.73 bits per heavy atom. The van der Waals surface area contributed by atoms with Gasteiger partial charge in [-0.3, -0.25) is 0 Å². The van der Waals surface area contributed by atoms with E-state index in [0.717, 1.165) is 19.3 Å². The summed E-state index contributed by atoms with van der Waals surface area (Å²) >= 11 is 0. The molecule has 0 fully saturated rings. The zero-order chi connectivity index (χ0) is 18.7. The number of hydrogen-bond donors (Lipinski definition) is 0. The minimum atomic E-state index is -0.803. The second-order valence-electron chi connectivity index (χ2n) is 6.68. The second-order valence-corrected chi connectivity index (χ2v) is 6.68. The van der Waals surface area contributed by atoms with Gasteiger partial charge in [0.25, 0.3) is 0 Å². The highest BCUT2D eigenvalue weighted by atomic mass is 19.2. The topological polar surface area (TPSA) is 9.23 Å². The van der Waals surface area contributed by atoms with Crippen LogP contribution in [0.15, 0.2) is 24.3 Å². The van der Waals surface area contributed by atoms with Gasteiger partial charge in [-0.1, -0.05) is 44.0 Å². The molecule has 0 saturated heterocycles. The average molecular weight is 360 g/mol. The monoisotopic (exact) mass is 360 g/mol. The number of ether oxygens (including phenoxy) is 1. The number of benzene rings is 2. The van der Waals surface area contributed by atoms with E-state index in [1.165, 1.54) is 7.11 Å². The molecule has 4 heteroatoms. The van der Waals surface area contributed by atoms with Crippen LogP contribution in [0, 0.1) is 17.5 Å². The van der Waals surface area contributed by atoms with Crippen molar-refractivity contribution in [1.82, 2.24) is 0 Å². The number of rotatable bonds is 6. The largest absolute Gasteiger partial charge is 0.494 e. The predicted molar refractivity (Wildman–Crippen MR) is 98.7 cm³/mol. The SMILES string of the molecule is CCCCCc1ccc(C2=Cc3ccc(OC)c(F)c3CC2)c(F)c1F. The molecule has 1 nitrogen and oxygen atoms in total. The Balaban J connectivity index is 1.92. The van der Waals surface area contributed by atoms with Crippen molar-refractivity contribution >= 4 is 11.6 Å². The Labute approximate surface area is 152 Å². The average Bonchev–Trinajstić information content (AvgIpc) is 2.65. The molecule has 0 N–H and O–H groups in total. The molecule has 0 atom stereocenters. The Kier molecular flexibility index (Phi) is 5.70. The van der Waals surface area contributed by atoms with Gasteiger partial charge in [-0.15, -0.1) is 0 Å². The van der Waals surface area contributed by atoms with Crippen LogP contribution in [0.4, 0.5) is 13.2 Å². The molecule has 0 bridgehead atoms. The first-order valence-corrected chi connectivity index (χ1v) is 9.10. The lowest BCUT2D eigenvalue weighted by atomic mass is 9.87. The number of allylic oxidation sites excluding steroid dienone is 1. The van der Waals surface area contributed by atoms with Crippen LogP contribution in [0.2, 0.25) is 0 Å². The molecule has 1 aliphatic carbocycles. The normalized spacial score (nSPS) is 13.3. The highest BCUT2D eigenvalue weighted by Crippen LogP contribution is 2.36. The first-order valence-electron chi connectivity index (χ1n) is 9.10. The van der Waals surface area contributed by atoms with Crippen LogP contribution in [0.25, 0.3) is 11.6 Å². The molecular formula is C22H23F3O. The van der Waals surface area contributed by atoms with Crippen molar-refractivity contribution in [1.29, 1.82) is 0 Å². The summed E-state index contributed by atoms with van der Waals surface area (Å²) in [6.07, 6.45) is 6.07. The van der Waals surface area contributed by atoms with E-state index in [4.69, 9.17) is 4.74 Å². The first-order chi connectivity index (χ1) is 12.6. The number of hydrogen-bond acceptors (Lipinski definition) is 1. The lowest BCUT2D eigenvalue weighted by Crippen LogP contribution is -2.06. The molecule has 0 aromatic heterocycles. The van der Waals surface area contributed by atoms with Gasteiger partial charge in [-0.05, 0) is 54.0 Å². The van der Waals surface area contributed by atoms with Crippen molar-refractivity contribution in [2.24, 2.45) is 0 Å². The summed E-state index contributed by atoms with van der Waals surface area (Å²) in [5.74, 6) is -1.73. The van der Waals surface area contributed by atoms with E-state index < -0.39 is 11.6 Å². The fraction of sp³-hybridized carbons (Fsp3) is 0.364. The van der Waals surface area contributed by atoms with E-state index >= 15 is 0 Å². The fourth-order valence-electron chi connectivity index (χ4n) is 3.49. The van der Waals surface area contributed by atoms with Crippen molar-refractivity contribution in [2.45, 2.75) is 45.4 Å². The van der Waals surface area contributed by atoms with Gasteiger partial charge in [-0.2, -0.15) is 0 Å². The number of unbranched alkanes of at least 4 members (excludes halogenated alkanes) is 2. The van der Waals surface area contributed by atoms with E-state index in [0.29, 0.717) is 41.5 Å². The maximum absolute atomic E-state index is 14.6. The summed E-state index contributed by atoms with van der Waals surface area (Å²) < 4.78 is 48.4. The molecule has 26 heavy (non-hydrogen) atoms. The molecule has 0 heterocycles. The smallest absolute Gasteiger partial charge is 0.168 e. The van der Waals surface area contributed by atoms with Crippen LogP contribution >= 0.6 is 0 Å². The minimum Gasteiger partial charge on any atom is -0.494 e. The van der Waals surface area contributed by atoms with E-state index in [-0.39, 0.29) is 17.1 Å². The second kappa shape index (κ2) is 7.98. The molecule has 0 saturated carbocycles. The van der Waals surface area contributed by atoms with Gasteiger partial charge >= 0.3 is 0 Å². The third-order valence-electron chi connectivity index (χ3n) is 5.00. The molecule has 0 aliphatic heterocycles. The van der Waals surface area contributed by atoms with E-state index in [2.05, 4.69) is 6.92 Å². The van der Waals surface area contributed by atoms with Gasteiger partial charge in [0, 0.05) is 5.56 Å². The van der Waals surface area contributed by atoms with Crippen LogP contribution in [0.3, 0.4) is 0 Å². The molecule has 0 radical (unpaired) electrons. The summed E-state index contributed by atoms with van der Waals surface area (Å²) in [6.45, 7) is 2.08. The zero-order valence-corrected chi connectivity index (χ0v) is 15.2. The van der Waals surface area contributed by atoms with Crippen LogP contribution in [0.5, 0.6) is 5.75 Å². The maximum atomic E-state index is 14.6. The van der Waals surface area contributed by atoms with Crippen LogP contribution < -0.4 is 4.74 Å². The lowest BCUT2D eigenvalue weighted by molar-refractivity contribution is 0.384. The van der Waals surface area contributed by atoms with Gasteiger partial charge in [0.1, 0.15) is 0 Å². The van der Waals surface area contributed by atoms with Crippen LogP contribution in [-0.4, -0.2) is 7.11 Å². The Morgan fingerprint density at radius 3 is 2.46 bits per heavy atom. The number of halogens is 3. The molecule has 3 rings (SSSR count). The van der Waals surface area contributed by atoms with Crippen LogP contribution in [-0.2, 0) is 12.8 Å². The summed E-state index contributed by atoms with van der Waals surface area (Å²) in [6, 6.07) is 6.63. The summed E-state index contributed by atoms with van der Waals surface area (Å²) in [5.41, 5.74) is 2.64. The van der Waals surface area contributed by atoms with Crippen molar-refractivity contribution < 1.29 is 17.9 Å². The van der Waals surface area contributed by atoms with Gasteiger partial charge in [-0.25, -0.2) is 13.2 Å². The minimum absolute atomic E-state index is 0.203. The molecule has 2 aromatic carbocycles. The summed E-state index contributed by atoms with van der Waals surface area (Å²) in [5, 5.41) is 0. The zero-order valence-electron chi connectivity index (χ0n) is 15.2. The number of fused-ring (bicyclic) bond motifs is 1. The van der Waals surface area contributed by atoms with Gasteiger partial charge in [0.05, 0.1) is 7.11 Å². The lowest BCUT2D eigenvalue weighted by Gasteiger charge is -2.19. The molecule has 1 aliphatic rings. The van der Waals surface area contributed by atoms with Crippen molar-refractivity contribution in [3.8, 4) is 5.75 Å². The number of aryl methyl sites for hydroxylation is 1. The fourth-order valence-corrected chi connectivity index (χ4v) is 3.49. The third-order valence-corrected chi connectivity index (χ3v) is 5.00. The third kappa shape index (κ3) is 3.50. The first kappa shape index (κ1) is 18.6. The highest BCUT2D eigenvalue weighted by Gasteiger charge is 2.22. The molecule has 2 aromatic rings. The van der Waals surface area contributed by atoms with Gasteiger partial charge < -0.3 is 4.74 Å². The van der Waals surface area contributed by atoms with Crippen molar-refractivity contribution in [2.75, 3.05) is 7.11 Å². The van der Waals surface area contributed by atoms with Crippen molar-refractivity contribution in [3.05, 3.63) is 64.0 Å². The van der Waals surface area contributed by atoms with E-state index in [9.17, 15) is 13.2 Å². The summed E-state index contributed by atoms with van der Waals surface area (Å²) in [7, 11) is 1.43. The maximum Gasteiger partial charge on any atom is 0.168 e. The highest BCUT2D eigenvalue weighted by molar-refractivity contribution is 5.85. The Morgan fingerprint density at radius 1 is 0.923 bits per heavy atom. The Hall–Kier alpha value is -2.23. The molecule has 0 amide bonds. The molecule has 138 valence electrons. The molecule has 0 spiro atoms. The van der Waals surface area contributed by atoms with Gasteiger partial charge in [0.15, 0.2) is 23.2 Å². The Bertz CT molecular complexity index is 840. The summed E-state index contributed by atoms with van der Waals surface area (Å²) in [4.78, 5) is 0. The van der Waals surface area contributed by atoms with E-state index in [1.54, 1.807) is 30.3 Å². The standard InChI is InChI=1S/C22H23F3O/c1-3-4-5-6-14-7-10-18(22(25)20(14)23)15-8-11-17-16(13-15)9-12-19(26-2)21(17)24/h7,9-10,12-13H,3-6,8,11H2,1-2H3. The number of methoxy groups -OCH3 is 1. The molecule has 0 unspecified atom stereocenters. The molecular weight excluding hydrogens is 337 g/mol. The van der Waals surface area contributed by atoms with Gasteiger partial charge in [0.2, 0.25) is 0 Å². The van der Waals surface area contributed by atoms with Crippen molar-refractivity contribution in [3.63, 3.8) is 0 Å². The predicted octanol–water partition coefficient (Wildman–Crippen LogP) is 6.33.